The minimum Gasteiger partial charge on any atom is -0.401 e. The van der Waals surface area contributed by atoms with E-state index in [1.54, 1.807) is 0 Å². The molecule has 0 fully saturated rings. The van der Waals surface area contributed by atoms with Crippen molar-refractivity contribution in [1.82, 2.24) is 0 Å². The lowest BCUT2D eigenvalue weighted by molar-refractivity contribution is 0.725. The zero-order valence-corrected chi connectivity index (χ0v) is 8.84. The van der Waals surface area contributed by atoms with Crippen LogP contribution in [0.4, 0.5) is 0 Å². The van der Waals surface area contributed by atoms with E-state index in [4.69, 9.17) is 5.73 Å². The summed E-state index contributed by atoms with van der Waals surface area (Å²) < 4.78 is 0. The van der Waals surface area contributed by atoms with E-state index in [9.17, 15) is 0 Å². The van der Waals surface area contributed by atoms with Crippen molar-refractivity contribution < 1.29 is 0 Å². The third-order valence-corrected chi connectivity index (χ3v) is 3.78. The molecule has 0 radical (unpaired) electrons. The Balaban J connectivity index is 2.29. The Hall–Kier alpha value is -0.630. The van der Waals surface area contributed by atoms with Gasteiger partial charge >= 0.3 is 0 Å². The summed E-state index contributed by atoms with van der Waals surface area (Å²) in [6.07, 6.45) is 6.74. The van der Waals surface area contributed by atoms with E-state index in [1.807, 2.05) is 11.8 Å². The number of allylic oxidation sites excluding steroid dienone is 4. The quantitative estimate of drug-likeness (QED) is 0.693. The van der Waals surface area contributed by atoms with Gasteiger partial charge in [0.2, 0.25) is 0 Å². The summed E-state index contributed by atoms with van der Waals surface area (Å²) >= 11 is 1.83. The number of nitrogens with two attached hydrogens (primary N) is 1. The number of rotatable bonds is 1. The molecule has 0 spiro atoms. The molecule has 2 atom stereocenters. The molecule has 0 aromatic carbocycles. The highest BCUT2D eigenvalue weighted by atomic mass is 32.2. The largest absolute Gasteiger partial charge is 0.401 e. The number of hydrogen-bond donors (Lipinski definition) is 1. The highest BCUT2D eigenvalue weighted by Crippen LogP contribution is 2.38. The minimum atomic E-state index is 0.475. The third-order valence-electron chi connectivity index (χ3n) is 2.59. The van der Waals surface area contributed by atoms with Gasteiger partial charge in [-0.3, -0.25) is 0 Å². The first-order chi connectivity index (χ1) is 6.18. The summed E-state index contributed by atoms with van der Waals surface area (Å²) in [6.45, 7) is 4.42. The fourth-order valence-corrected chi connectivity index (χ4v) is 2.78. The molecule has 0 saturated carbocycles. The lowest BCUT2D eigenvalue weighted by Crippen LogP contribution is -2.23. The second-order valence-electron chi connectivity index (χ2n) is 3.93. The van der Waals surface area contributed by atoms with Gasteiger partial charge in [0.15, 0.2) is 0 Å². The Morgan fingerprint density at radius 2 is 2.23 bits per heavy atom. The van der Waals surface area contributed by atoms with Crippen molar-refractivity contribution in [2.75, 3.05) is 0 Å². The molecular weight excluding hydrogens is 178 g/mol. The maximum Gasteiger partial charge on any atom is 0.0581 e. The fraction of sp³-hybridized carbons (Fsp3) is 0.455. The molecule has 2 N–H and O–H groups in total. The van der Waals surface area contributed by atoms with Crippen molar-refractivity contribution in [2.24, 2.45) is 17.6 Å². The van der Waals surface area contributed by atoms with Gasteiger partial charge in [-0.1, -0.05) is 26.0 Å². The molecule has 1 heterocycles. The van der Waals surface area contributed by atoms with Crippen molar-refractivity contribution >= 4 is 11.8 Å². The smallest absolute Gasteiger partial charge is 0.0581 e. The summed E-state index contributed by atoms with van der Waals surface area (Å²) in [4.78, 5) is 0. The Morgan fingerprint density at radius 3 is 2.92 bits per heavy atom. The van der Waals surface area contributed by atoms with Crippen LogP contribution in [0.5, 0.6) is 0 Å². The van der Waals surface area contributed by atoms with Crippen LogP contribution in [-0.4, -0.2) is 5.25 Å². The van der Waals surface area contributed by atoms with E-state index in [-0.39, 0.29) is 0 Å². The van der Waals surface area contributed by atoms with E-state index >= 15 is 0 Å². The highest BCUT2D eigenvalue weighted by Gasteiger charge is 2.27. The van der Waals surface area contributed by atoms with E-state index in [1.165, 1.54) is 5.57 Å². The molecule has 0 aromatic heterocycles. The lowest BCUT2D eigenvalue weighted by Gasteiger charge is -2.23. The van der Waals surface area contributed by atoms with Gasteiger partial charge in [0, 0.05) is 11.6 Å². The van der Waals surface area contributed by atoms with Crippen LogP contribution in [0.15, 0.2) is 34.9 Å². The maximum atomic E-state index is 6.01. The van der Waals surface area contributed by atoms with Gasteiger partial charge < -0.3 is 5.73 Å². The first kappa shape index (κ1) is 8.95. The summed E-state index contributed by atoms with van der Waals surface area (Å²) in [6, 6.07) is 0. The Bertz CT molecular complexity index is 299. The van der Waals surface area contributed by atoms with Gasteiger partial charge in [-0.2, -0.15) is 0 Å². The number of hydrogen-bond acceptors (Lipinski definition) is 2. The fourth-order valence-electron chi connectivity index (χ4n) is 1.76. The second-order valence-corrected chi connectivity index (χ2v) is 4.98. The summed E-state index contributed by atoms with van der Waals surface area (Å²) in [5.74, 6) is 1.12. The van der Waals surface area contributed by atoms with E-state index in [0.717, 1.165) is 5.70 Å². The van der Waals surface area contributed by atoms with Gasteiger partial charge in [-0.25, -0.2) is 0 Å². The van der Waals surface area contributed by atoms with Crippen molar-refractivity contribution in [2.45, 2.75) is 19.1 Å². The molecule has 1 nitrogen and oxygen atoms in total. The Labute approximate surface area is 83.8 Å². The molecule has 13 heavy (non-hydrogen) atoms. The van der Waals surface area contributed by atoms with E-state index in [2.05, 4.69) is 37.5 Å². The molecule has 0 bridgehead atoms. The van der Waals surface area contributed by atoms with Gasteiger partial charge in [0.1, 0.15) is 0 Å². The molecule has 0 saturated heterocycles. The molecule has 1 aliphatic carbocycles. The summed E-state index contributed by atoms with van der Waals surface area (Å²) in [5, 5.41) is 2.64. The predicted molar refractivity (Wildman–Crippen MR) is 59.2 cm³/mol. The van der Waals surface area contributed by atoms with Crippen molar-refractivity contribution in [3.63, 3.8) is 0 Å². The Kier molecular flexibility index (Phi) is 2.24. The van der Waals surface area contributed by atoms with Gasteiger partial charge in [-0.05, 0) is 23.0 Å². The zero-order valence-electron chi connectivity index (χ0n) is 8.03. The molecule has 2 unspecified atom stereocenters. The molecule has 1 aliphatic heterocycles. The van der Waals surface area contributed by atoms with Crippen LogP contribution in [0.3, 0.4) is 0 Å². The molecule has 2 heteroatoms. The molecule has 0 amide bonds. The predicted octanol–water partition coefficient (Wildman–Crippen LogP) is 2.67. The average molecular weight is 193 g/mol. The topological polar surface area (TPSA) is 26.0 Å². The van der Waals surface area contributed by atoms with Crippen molar-refractivity contribution in [3.05, 3.63) is 34.9 Å². The lowest BCUT2D eigenvalue weighted by atomic mass is 9.89. The second kappa shape index (κ2) is 3.26. The zero-order chi connectivity index (χ0) is 9.42. The van der Waals surface area contributed by atoms with Gasteiger partial charge in [0.25, 0.3) is 0 Å². The highest BCUT2D eigenvalue weighted by molar-refractivity contribution is 8.03. The molecular formula is C11H15NS. The minimum absolute atomic E-state index is 0.475. The Morgan fingerprint density at radius 1 is 1.46 bits per heavy atom. The van der Waals surface area contributed by atoms with Crippen molar-refractivity contribution in [1.29, 1.82) is 0 Å². The average Bonchev–Trinajstić information content (AvgIpc) is 2.51. The van der Waals surface area contributed by atoms with Crippen LogP contribution in [0.25, 0.3) is 0 Å². The van der Waals surface area contributed by atoms with Gasteiger partial charge in [0.05, 0.1) is 5.25 Å². The number of fused-ring (bicyclic) bond motifs is 1. The van der Waals surface area contributed by atoms with Crippen LogP contribution in [0.2, 0.25) is 0 Å². The summed E-state index contributed by atoms with van der Waals surface area (Å²) in [5.41, 5.74) is 8.42. The standard InChI is InChI=1S/C11H15NS/c1-7(2)9-5-8-3-4-13-11(8)10(12)6-9/h3-8,11H,12H2,1-2H3. The van der Waals surface area contributed by atoms with E-state index < -0.39 is 0 Å². The molecule has 2 rings (SSSR count). The molecule has 2 aliphatic rings. The summed E-state index contributed by atoms with van der Waals surface area (Å²) in [7, 11) is 0. The van der Waals surface area contributed by atoms with Crippen molar-refractivity contribution in [3.8, 4) is 0 Å². The maximum absolute atomic E-state index is 6.01. The monoisotopic (exact) mass is 193 g/mol. The first-order valence-electron chi connectivity index (χ1n) is 4.69. The van der Waals surface area contributed by atoms with Crippen LogP contribution in [-0.2, 0) is 0 Å². The first-order valence-corrected chi connectivity index (χ1v) is 5.63. The SMILES string of the molecule is CC(C)C1=CC2C=CSC2C(N)=C1. The normalized spacial score (nSPS) is 31.6. The molecule has 0 aromatic rings. The number of thioether (sulfide) groups is 1. The molecule has 70 valence electrons. The van der Waals surface area contributed by atoms with Gasteiger partial charge in [-0.15, -0.1) is 11.8 Å². The third kappa shape index (κ3) is 1.55. The van der Waals surface area contributed by atoms with Crippen LogP contribution in [0.1, 0.15) is 13.8 Å². The van der Waals surface area contributed by atoms with Crippen LogP contribution in [0, 0.1) is 11.8 Å². The van der Waals surface area contributed by atoms with E-state index in [0.29, 0.717) is 17.1 Å². The van der Waals surface area contributed by atoms with Crippen LogP contribution < -0.4 is 5.73 Å². The van der Waals surface area contributed by atoms with Crippen LogP contribution >= 0.6 is 11.8 Å².